The van der Waals surface area contributed by atoms with Crippen molar-refractivity contribution in [1.29, 1.82) is 0 Å². The molecule has 1 aromatic carbocycles. The second kappa shape index (κ2) is 6.12. The monoisotopic (exact) mass is 292 g/mol. The van der Waals surface area contributed by atoms with Gasteiger partial charge in [0.1, 0.15) is 5.82 Å². The zero-order valence-corrected chi connectivity index (χ0v) is 10.3. The van der Waals surface area contributed by atoms with Crippen molar-refractivity contribution in [2.75, 3.05) is 5.75 Å². The van der Waals surface area contributed by atoms with Crippen molar-refractivity contribution in [2.45, 2.75) is 12.2 Å². The quantitative estimate of drug-likeness (QED) is 0.846. The molecule has 0 aliphatic rings. The molecule has 0 heterocycles. The Labute approximate surface area is 100 Å². The van der Waals surface area contributed by atoms with Crippen LogP contribution in [0.25, 0.3) is 0 Å². The molecule has 1 rings (SSSR count). The fourth-order valence-corrected chi connectivity index (χ4v) is 2.59. The Kier molecular flexibility index (Phi) is 5.11. The third-order valence-electron chi connectivity index (χ3n) is 1.73. The summed E-state index contributed by atoms with van der Waals surface area (Å²) in [5.74, 6) is 0.189. The first-order valence-electron chi connectivity index (χ1n) is 4.33. The van der Waals surface area contributed by atoms with E-state index in [-0.39, 0.29) is 12.2 Å². The van der Waals surface area contributed by atoms with Crippen LogP contribution in [0.4, 0.5) is 4.39 Å². The molecule has 0 saturated heterocycles. The molecule has 15 heavy (non-hydrogen) atoms. The van der Waals surface area contributed by atoms with Gasteiger partial charge in [-0.3, -0.25) is 4.79 Å². The van der Waals surface area contributed by atoms with Crippen LogP contribution < -0.4 is 0 Å². The maximum absolute atomic E-state index is 12.7. The number of rotatable bonds is 5. The molecule has 82 valence electrons. The molecule has 0 bridgehead atoms. The van der Waals surface area contributed by atoms with E-state index in [2.05, 4.69) is 15.9 Å². The van der Waals surface area contributed by atoms with Crippen LogP contribution in [-0.4, -0.2) is 16.8 Å². The highest BCUT2D eigenvalue weighted by atomic mass is 79.9. The summed E-state index contributed by atoms with van der Waals surface area (Å²) in [6, 6.07) is 4.51. The molecule has 0 fully saturated rings. The second-order valence-electron chi connectivity index (χ2n) is 2.93. The van der Waals surface area contributed by atoms with Crippen LogP contribution in [0, 0.1) is 5.82 Å². The van der Waals surface area contributed by atoms with Crippen molar-refractivity contribution in [2.24, 2.45) is 0 Å². The summed E-state index contributed by atoms with van der Waals surface area (Å²) < 4.78 is 13.5. The molecule has 1 N–H and O–H groups in total. The van der Waals surface area contributed by atoms with Crippen molar-refractivity contribution >= 4 is 33.7 Å². The summed E-state index contributed by atoms with van der Waals surface area (Å²) in [5, 5.41) is 8.43. The molecule has 1 aromatic rings. The molecule has 0 radical (unpaired) electrons. The average Bonchev–Trinajstić information content (AvgIpc) is 2.14. The molecule has 0 aliphatic heterocycles. The number of hydrogen-bond acceptors (Lipinski definition) is 2. The molecule has 2 nitrogen and oxygen atoms in total. The van der Waals surface area contributed by atoms with Crippen molar-refractivity contribution in [1.82, 2.24) is 0 Å². The predicted octanol–water partition coefficient (Wildman–Crippen LogP) is 3.30. The zero-order chi connectivity index (χ0) is 11.3. The Balaban J connectivity index is 2.40. The number of aliphatic carboxylic acids is 1. The second-order valence-corrected chi connectivity index (χ2v) is 4.89. The number of hydrogen-bond donors (Lipinski definition) is 1. The Bertz CT molecular complexity index is 357. The zero-order valence-electron chi connectivity index (χ0n) is 7.87. The molecule has 0 amide bonds. The van der Waals surface area contributed by atoms with E-state index in [4.69, 9.17) is 5.11 Å². The van der Waals surface area contributed by atoms with Gasteiger partial charge in [0, 0.05) is 16.0 Å². The van der Waals surface area contributed by atoms with Crippen molar-refractivity contribution in [3.05, 3.63) is 34.1 Å². The highest BCUT2D eigenvalue weighted by molar-refractivity contribution is 9.10. The van der Waals surface area contributed by atoms with E-state index in [1.54, 1.807) is 6.07 Å². The van der Waals surface area contributed by atoms with Gasteiger partial charge < -0.3 is 5.11 Å². The Morgan fingerprint density at radius 1 is 1.53 bits per heavy atom. The van der Waals surface area contributed by atoms with Crippen LogP contribution in [0.5, 0.6) is 0 Å². The molecule has 0 aromatic heterocycles. The lowest BCUT2D eigenvalue weighted by molar-refractivity contribution is -0.136. The van der Waals surface area contributed by atoms with Gasteiger partial charge >= 0.3 is 5.97 Å². The molecule has 0 saturated carbocycles. The molecule has 0 unspecified atom stereocenters. The van der Waals surface area contributed by atoms with E-state index in [1.165, 1.54) is 23.9 Å². The van der Waals surface area contributed by atoms with Gasteiger partial charge in [0.15, 0.2) is 0 Å². The van der Waals surface area contributed by atoms with Gasteiger partial charge in [-0.15, -0.1) is 0 Å². The Morgan fingerprint density at radius 2 is 2.27 bits per heavy atom. The summed E-state index contributed by atoms with van der Waals surface area (Å²) in [5.41, 5.74) is 0.979. The molecule has 5 heteroatoms. The fraction of sp³-hybridized carbons (Fsp3) is 0.300. The van der Waals surface area contributed by atoms with E-state index in [0.717, 1.165) is 10.0 Å². The lowest BCUT2D eigenvalue weighted by Crippen LogP contribution is -1.96. The molecular formula is C10H10BrFO2S. The number of halogens is 2. The Morgan fingerprint density at radius 3 is 2.87 bits per heavy atom. The SMILES string of the molecule is O=C(O)CCSCc1ccc(F)cc1Br. The lowest BCUT2D eigenvalue weighted by Gasteiger charge is -2.03. The third kappa shape index (κ3) is 4.66. The van der Waals surface area contributed by atoms with Crippen molar-refractivity contribution < 1.29 is 14.3 Å². The molecule has 0 aliphatic carbocycles. The highest BCUT2D eigenvalue weighted by Gasteiger charge is 2.02. The average molecular weight is 293 g/mol. The van der Waals surface area contributed by atoms with Gasteiger partial charge in [-0.1, -0.05) is 22.0 Å². The summed E-state index contributed by atoms with van der Waals surface area (Å²) in [7, 11) is 0. The largest absolute Gasteiger partial charge is 0.481 e. The maximum atomic E-state index is 12.7. The Hall–Kier alpha value is -0.550. The summed E-state index contributed by atoms with van der Waals surface area (Å²) in [6.07, 6.45) is 0.156. The number of benzene rings is 1. The van der Waals surface area contributed by atoms with Gasteiger partial charge in [-0.25, -0.2) is 4.39 Å². The summed E-state index contributed by atoms with van der Waals surface area (Å²) >= 11 is 4.78. The van der Waals surface area contributed by atoms with Gasteiger partial charge in [-0.05, 0) is 17.7 Å². The standard InChI is InChI=1S/C10H10BrFO2S/c11-9-5-8(12)2-1-7(9)6-15-4-3-10(13)14/h1-2,5H,3-4,6H2,(H,13,14). The number of carboxylic acid groups (broad SMARTS) is 1. The van der Waals surface area contributed by atoms with Crippen molar-refractivity contribution in [3.8, 4) is 0 Å². The van der Waals surface area contributed by atoms with Crippen LogP contribution in [0.15, 0.2) is 22.7 Å². The third-order valence-corrected chi connectivity index (χ3v) is 3.48. The topological polar surface area (TPSA) is 37.3 Å². The smallest absolute Gasteiger partial charge is 0.304 e. The highest BCUT2D eigenvalue weighted by Crippen LogP contribution is 2.22. The first-order valence-corrected chi connectivity index (χ1v) is 6.28. The van der Waals surface area contributed by atoms with E-state index >= 15 is 0 Å². The van der Waals surface area contributed by atoms with E-state index in [0.29, 0.717) is 11.5 Å². The van der Waals surface area contributed by atoms with Gasteiger partial charge in [0.05, 0.1) is 6.42 Å². The van der Waals surface area contributed by atoms with Gasteiger partial charge in [0.25, 0.3) is 0 Å². The minimum Gasteiger partial charge on any atom is -0.481 e. The lowest BCUT2D eigenvalue weighted by atomic mass is 10.2. The van der Waals surface area contributed by atoms with E-state index in [1.807, 2.05) is 0 Å². The van der Waals surface area contributed by atoms with Gasteiger partial charge in [-0.2, -0.15) is 11.8 Å². The van der Waals surface area contributed by atoms with Crippen LogP contribution in [-0.2, 0) is 10.5 Å². The van der Waals surface area contributed by atoms with Crippen LogP contribution in [0.2, 0.25) is 0 Å². The fourth-order valence-electron chi connectivity index (χ4n) is 0.980. The molecule has 0 atom stereocenters. The summed E-state index contributed by atoms with van der Waals surface area (Å²) in [6.45, 7) is 0. The minimum atomic E-state index is -0.791. The van der Waals surface area contributed by atoms with Crippen LogP contribution in [0.1, 0.15) is 12.0 Å². The summed E-state index contributed by atoms with van der Waals surface area (Å²) in [4.78, 5) is 10.3. The van der Waals surface area contributed by atoms with Crippen LogP contribution in [0.3, 0.4) is 0 Å². The number of carbonyl (C=O) groups is 1. The number of carboxylic acids is 1. The minimum absolute atomic E-state index is 0.156. The van der Waals surface area contributed by atoms with Gasteiger partial charge in [0.2, 0.25) is 0 Å². The van der Waals surface area contributed by atoms with E-state index < -0.39 is 5.97 Å². The van der Waals surface area contributed by atoms with Crippen molar-refractivity contribution in [3.63, 3.8) is 0 Å². The maximum Gasteiger partial charge on any atom is 0.304 e. The molecular weight excluding hydrogens is 283 g/mol. The first kappa shape index (κ1) is 12.5. The predicted molar refractivity (Wildman–Crippen MR) is 62.5 cm³/mol. The normalized spacial score (nSPS) is 10.3. The van der Waals surface area contributed by atoms with Crippen LogP contribution >= 0.6 is 27.7 Å². The molecule has 0 spiro atoms. The van der Waals surface area contributed by atoms with E-state index in [9.17, 15) is 9.18 Å². The number of thioether (sulfide) groups is 1. The first-order chi connectivity index (χ1) is 7.09.